The highest BCUT2D eigenvalue weighted by molar-refractivity contribution is 5.98. The second-order valence-corrected chi connectivity index (χ2v) is 10.6. The maximum atomic E-state index is 12.5. The summed E-state index contributed by atoms with van der Waals surface area (Å²) in [5, 5.41) is 5.28. The van der Waals surface area contributed by atoms with Crippen LogP contribution in [0.2, 0.25) is 0 Å². The highest BCUT2D eigenvalue weighted by Gasteiger charge is 2.26. The van der Waals surface area contributed by atoms with Crippen molar-refractivity contribution in [3.63, 3.8) is 0 Å². The third kappa shape index (κ3) is 6.20. The summed E-state index contributed by atoms with van der Waals surface area (Å²) in [6.07, 6.45) is 3.93. The number of carbonyl (C=O) groups is 1. The summed E-state index contributed by atoms with van der Waals surface area (Å²) in [6.45, 7) is 15.0. The van der Waals surface area contributed by atoms with Crippen molar-refractivity contribution in [1.82, 2.24) is 5.32 Å². The van der Waals surface area contributed by atoms with Gasteiger partial charge in [0.25, 0.3) is 5.91 Å². The van der Waals surface area contributed by atoms with E-state index in [2.05, 4.69) is 71.1 Å². The van der Waals surface area contributed by atoms with E-state index in [4.69, 9.17) is 4.74 Å². The van der Waals surface area contributed by atoms with Gasteiger partial charge in [0.05, 0.1) is 6.61 Å². The third-order valence-corrected chi connectivity index (χ3v) is 7.38. The van der Waals surface area contributed by atoms with E-state index in [1.807, 2.05) is 36.4 Å². The molecule has 34 heavy (non-hydrogen) atoms. The van der Waals surface area contributed by atoms with Gasteiger partial charge in [-0.3, -0.25) is 4.79 Å². The average molecular weight is 460 g/mol. The van der Waals surface area contributed by atoms with E-state index in [1.54, 1.807) is 0 Å². The fraction of sp³-hybridized carbons (Fsp3) is 0.452. The van der Waals surface area contributed by atoms with Gasteiger partial charge in [-0.15, -0.1) is 0 Å². The van der Waals surface area contributed by atoms with Gasteiger partial charge in [0.1, 0.15) is 5.75 Å². The highest BCUT2D eigenvalue weighted by atomic mass is 16.5. The van der Waals surface area contributed by atoms with Gasteiger partial charge in [-0.05, 0) is 71.0 Å². The Bertz CT molecular complexity index is 1110. The molecule has 0 aliphatic rings. The molecule has 0 aliphatic carbocycles. The molecule has 0 aromatic heterocycles. The molecule has 0 heterocycles. The van der Waals surface area contributed by atoms with Crippen LogP contribution in [0.5, 0.6) is 5.75 Å². The molecule has 3 aromatic rings. The Balaban J connectivity index is 1.53. The van der Waals surface area contributed by atoms with E-state index in [1.165, 1.54) is 11.1 Å². The van der Waals surface area contributed by atoms with Crippen LogP contribution in [-0.2, 0) is 10.8 Å². The molecular formula is C31H41NO2. The number of nitrogens with one attached hydrogen (secondary N) is 1. The molecule has 0 saturated heterocycles. The number of ether oxygens (including phenoxy) is 1. The minimum atomic E-state index is -0.0206. The first-order chi connectivity index (χ1) is 16.2. The summed E-state index contributed by atoms with van der Waals surface area (Å²) >= 11 is 0. The summed E-state index contributed by atoms with van der Waals surface area (Å²) < 4.78 is 6.25. The van der Waals surface area contributed by atoms with Crippen LogP contribution in [0.3, 0.4) is 0 Å². The monoisotopic (exact) mass is 459 g/mol. The summed E-state index contributed by atoms with van der Waals surface area (Å²) in [5.41, 5.74) is 3.58. The Kier molecular flexibility index (Phi) is 8.41. The minimum absolute atomic E-state index is 0.0206. The summed E-state index contributed by atoms with van der Waals surface area (Å²) in [7, 11) is 0. The van der Waals surface area contributed by atoms with E-state index >= 15 is 0 Å². The van der Waals surface area contributed by atoms with Gasteiger partial charge >= 0.3 is 0 Å². The van der Waals surface area contributed by atoms with Gasteiger partial charge in [-0.2, -0.15) is 0 Å². The lowest BCUT2D eigenvalue weighted by molar-refractivity contribution is 0.0952. The van der Waals surface area contributed by atoms with Crippen LogP contribution in [0.1, 0.15) is 88.7 Å². The number of fused-ring (bicyclic) bond motifs is 1. The number of hydrogen-bond acceptors (Lipinski definition) is 2. The molecule has 182 valence electrons. The van der Waals surface area contributed by atoms with Gasteiger partial charge in [-0.1, -0.05) is 84.0 Å². The normalized spacial score (nSPS) is 12.1. The van der Waals surface area contributed by atoms with Crippen molar-refractivity contribution in [2.75, 3.05) is 13.2 Å². The molecule has 0 radical (unpaired) electrons. The van der Waals surface area contributed by atoms with E-state index in [0.29, 0.717) is 18.7 Å². The molecule has 0 bridgehead atoms. The first kappa shape index (κ1) is 25.8. The molecule has 0 atom stereocenters. The second-order valence-electron chi connectivity index (χ2n) is 10.6. The second kappa shape index (κ2) is 11.1. The van der Waals surface area contributed by atoms with Gasteiger partial charge in [-0.25, -0.2) is 0 Å². The molecule has 0 saturated carbocycles. The van der Waals surface area contributed by atoms with E-state index < -0.39 is 0 Å². The maximum absolute atomic E-state index is 12.5. The average Bonchev–Trinajstić information content (AvgIpc) is 2.85. The predicted octanol–water partition coefficient (Wildman–Crippen LogP) is 7.80. The fourth-order valence-corrected chi connectivity index (χ4v) is 4.04. The van der Waals surface area contributed by atoms with Crippen LogP contribution in [-0.4, -0.2) is 19.1 Å². The molecule has 0 aliphatic heterocycles. The Morgan fingerprint density at radius 1 is 0.824 bits per heavy atom. The van der Waals surface area contributed by atoms with Crippen molar-refractivity contribution < 1.29 is 9.53 Å². The number of benzene rings is 3. The van der Waals surface area contributed by atoms with Crippen LogP contribution in [0.15, 0.2) is 60.7 Å². The van der Waals surface area contributed by atoms with Crippen molar-refractivity contribution in [2.45, 2.75) is 78.1 Å². The number of amides is 1. The van der Waals surface area contributed by atoms with Crippen LogP contribution < -0.4 is 10.1 Å². The zero-order valence-corrected chi connectivity index (χ0v) is 21.8. The Morgan fingerprint density at radius 2 is 1.53 bits per heavy atom. The summed E-state index contributed by atoms with van der Waals surface area (Å²) in [4.78, 5) is 12.5. The zero-order chi connectivity index (χ0) is 24.8. The first-order valence-corrected chi connectivity index (χ1v) is 12.7. The van der Waals surface area contributed by atoms with Crippen molar-refractivity contribution in [1.29, 1.82) is 0 Å². The van der Waals surface area contributed by atoms with E-state index in [-0.39, 0.29) is 16.7 Å². The maximum Gasteiger partial charge on any atom is 0.251 e. The highest BCUT2D eigenvalue weighted by Crippen LogP contribution is 2.38. The molecule has 1 amide bonds. The van der Waals surface area contributed by atoms with Gasteiger partial charge in [0, 0.05) is 17.7 Å². The van der Waals surface area contributed by atoms with E-state index in [0.717, 1.165) is 42.2 Å². The van der Waals surface area contributed by atoms with Crippen molar-refractivity contribution >= 4 is 16.7 Å². The molecular weight excluding hydrogens is 418 g/mol. The number of unbranched alkanes of at least 4 members (excludes halogenated alkanes) is 1. The largest absolute Gasteiger partial charge is 0.493 e. The van der Waals surface area contributed by atoms with Crippen molar-refractivity contribution in [3.05, 3.63) is 77.4 Å². The standard InChI is InChI=1S/C31H41NO2/c1-7-30(3,4)26-17-18-28(27(22-26)31(5,6)8-2)34-20-12-11-19-32-29(33)25-16-15-23-13-9-10-14-24(23)21-25/h9-10,13-18,21-22H,7-8,11-12,19-20H2,1-6H3,(H,32,33). The third-order valence-electron chi connectivity index (χ3n) is 7.38. The molecule has 1 N–H and O–H groups in total. The lowest BCUT2D eigenvalue weighted by Crippen LogP contribution is -2.24. The fourth-order valence-electron chi connectivity index (χ4n) is 4.04. The predicted molar refractivity (Wildman–Crippen MR) is 144 cm³/mol. The zero-order valence-electron chi connectivity index (χ0n) is 21.8. The topological polar surface area (TPSA) is 38.3 Å². The van der Waals surface area contributed by atoms with E-state index in [9.17, 15) is 4.79 Å². The summed E-state index contributed by atoms with van der Waals surface area (Å²) in [6, 6.07) is 20.7. The Morgan fingerprint density at radius 3 is 2.24 bits per heavy atom. The quantitative estimate of drug-likeness (QED) is 0.297. The molecule has 3 aromatic carbocycles. The number of hydrogen-bond donors (Lipinski definition) is 1. The minimum Gasteiger partial charge on any atom is -0.493 e. The van der Waals surface area contributed by atoms with Crippen molar-refractivity contribution in [2.24, 2.45) is 0 Å². The molecule has 0 spiro atoms. The molecule has 3 rings (SSSR count). The number of rotatable bonds is 11. The molecule has 3 heteroatoms. The lowest BCUT2D eigenvalue weighted by atomic mass is 9.76. The van der Waals surface area contributed by atoms with Gasteiger partial charge in [0.2, 0.25) is 0 Å². The Labute approximate surface area is 205 Å². The SMILES string of the molecule is CCC(C)(C)c1ccc(OCCCCNC(=O)c2ccc3ccccc3c2)c(C(C)(C)CC)c1. The molecule has 3 nitrogen and oxygen atoms in total. The number of carbonyl (C=O) groups excluding carboxylic acids is 1. The molecule has 0 unspecified atom stereocenters. The lowest BCUT2D eigenvalue weighted by Gasteiger charge is -2.30. The van der Waals surface area contributed by atoms with Gasteiger partial charge < -0.3 is 10.1 Å². The smallest absolute Gasteiger partial charge is 0.251 e. The van der Waals surface area contributed by atoms with Crippen molar-refractivity contribution in [3.8, 4) is 5.75 Å². The van der Waals surface area contributed by atoms with Crippen LogP contribution in [0, 0.1) is 0 Å². The van der Waals surface area contributed by atoms with Gasteiger partial charge in [0.15, 0.2) is 0 Å². The molecule has 0 fully saturated rings. The summed E-state index contributed by atoms with van der Waals surface area (Å²) in [5.74, 6) is 0.968. The Hall–Kier alpha value is -2.81. The van der Waals surface area contributed by atoms with Crippen LogP contribution >= 0.6 is 0 Å². The van der Waals surface area contributed by atoms with Crippen LogP contribution in [0.4, 0.5) is 0 Å². The van der Waals surface area contributed by atoms with Crippen LogP contribution in [0.25, 0.3) is 10.8 Å². The first-order valence-electron chi connectivity index (χ1n) is 12.7.